The van der Waals surface area contributed by atoms with Crippen molar-refractivity contribution in [2.24, 2.45) is 0 Å². The Morgan fingerprint density at radius 1 is 1.16 bits per heavy atom. The van der Waals surface area contributed by atoms with Crippen LogP contribution in [0.15, 0.2) is 54.7 Å². The lowest BCUT2D eigenvalue weighted by Gasteiger charge is -2.26. The summed E-state index contributed by atoms with van der Waals surface area (Å²) < 4.78 is 16.6. The maximum absolute atomic E-state index is 12.7. The van der Waals surface area contributed by atoms with Crippen LogP contribution in [0.3, 0.4) is 0 Å². The molecule has 190 valence electrons. The van der Waals surface area contributed by atoms with E-state index in [0.717, 1.165) is 38.6 Å². The van der Waals surface area contributed by atoms with E-state index < -0.39 is 6.10 Å². The lowest BCUT2D eigenvalue weighted by molar-refractivity contribution is -0.110. The van der Waals surface area contributed by atoms with Gasteiger partial charge in [0.2, 0.25) is 0 Å². The maximum atomic E-state index is 12.7. The first kappa shape index (κ1) is 24.7. The number of benzene rings is 2. The summed E-state index contributed by atoms with van der Waals surface area (Å²) in [5.41, 5.74) is 3.87. The third kappa shape index (κ3) is 5.70. The summed E-state index contributed by atoms with van der Waals surface area (Å²) in [5, 5.41) is 13.6. The summed E-state index contributed by atoms with van der Waals surface area (Å²) in [7, 11) is 1.58. The van der Waals surface area contributed by atoms with Gasteiger partial charge >= 0.3 is 0 Å². The highest BCUT2D eigenvalue weighted by Gasteiger charge is 2.27. The Bertz CT molecular complexity index is 1340. The Balaban J connectivity index is 1.28. The number of amides is 1. The van der Waals surface area contributed by atoms with Gasteiger partial charge in [0.15, 0.2) is 0 Å². The fourth-order valence-corrected chi connectivity index (χ4v) is 4.39. The number of hydrogen-bond acceptors (Lipinski definition) is 6. The first-order chi connectivity index (χ1) is 18.1. The highest BCUT2D eigenvalue weighted by molar-refractivity contribution is 6.35. The number of rotatable bonds is 7. The molecule has 2 aliphatic rings. The Hall–Kier alpha value is -4.03. The number of anilines is 1. The molecule has 3 N–H and O–H groups in total. The van der Waals surface area contributed by atoms with Crippen LogP contribution >= 0.6 is 0 Å². The SMILES string of the molecule is COc1cc[nH]c1C=C1C(=O)Nc2cccc(C#CC(O)c3ccc(OCCN4CCOCC4)cc3)c21. The largest absolute Gasteiger partial charge is 0.495 e. The molecule has 1 amide bonds. The fraction of sp³-hybridized carbons (Fsp3) is 0.276. The maximum Gasteiger partial charge on any atom is 0.256 e. The van der Waals surface area contributed by atoms with Gasteiger partial charge in [-0.2, -0.15) is 0 Å². The molecule has 8 nitrogen and oxygen atoms in total. The molecular weight excluding hydrogens is 470 g/mol. The molecule has 37 heavy (non-hydrogen) atoms. The number of ether oxygens (including phenoxy) is 3. The van der Waals surface area contributed by atoms with Crippen molar-refractivity contribution in [2.75, 3.05) is 51.9 Å². The molecule has 0 bridgehead atoms. The lowest BCUT2D eigenvalue weighted by atomic mass is 9.99. The number of aliphatic hydroxyl groups is 1. The number of aromatic nitrogens is 1. The minimum Gasteiger partial charge on any atom is -0.495 e. The molecule has 1 aromatic heterocycles. The number of methoxy groups -OCH3 is 1. The monoisotopic (exact) mass is 499 g/mol. The highest BCUT2D eigenvalue weighted by atomic mass is 16.5. The van der Waals surface area contributed by atoms with Crippen LogP contribution in [-0.4, -0.2) is 67.5 Å². The molecular formula is C29H29N3O5. The summed E-state index contributed by atoms with van der Waals surface area (Å²) in [5.74, 6) is 7.15. The Morgan fingerprint density at radius 3 is 2.76 bits per heavy atom. The van der Waals surface area contributed by atoms with Crippen LogP contribution in [0.4, 0.5) is 5.69 Å². The van der Waals surface area contributed by atoms with Crippen LogP contribution in [0.2, 0.25) is 0 Å². The van der Waals surface area contributed by atoms with Gasteiger partial charge in [-0.25, -0.2) is 0 Å². The number of nitrogens with one attached hydrogen (secondary N) is 2. The van der Waals surface area contributed by atoms with Crippen molar-refractivity contribution in [3.63, 3.8) is 0 Å². The topological polar surface area (TPSA) is 96.1 Å². The van der Waals surface area contributed by atoms with Gasteiger partial charge in [0, 0.05) is 37.0 Å². The van der Waals surface area contributed by atoms with Crippen LogP contribution < -0.4 is 14.8 Å². The van der Waals surface area contributed by atoms with Gasteiger partial charge in [-0.3, -0.25) is 9.69 Å². The van der Waals surface area contributed by atoms with E-state index in [9.17, 15) is 9.90 Å². The number of nitrogens with zero attached hydrogens (tertiary/aromatic N) is 1. The molecule has 2 aliphatic heterocycles. The number of fused-ring (bicyclic) bond motifs is 1. The predicted molar refractivity (Wildman–Crippen MR) is 141 cm³/mol. The second-order valence-electron chi connectivity index (χ2n) is 8.74. The van der Waals surface area contributed by atoms with Crippen molar-refractivity contribution in [1.82, 2.24) is 9.88 Å². The van der Waals surface area contributed by atoms with Crippen molar-refractivity contribution in [3.05, 3.63) is 77.1 Å². The molecule has 3 aromatic rings. The van der Waals surface area contributed by atoms with E-state index in [1.165, 1.54) is 0 Å². The molecule has 0 spiro atoms. The molecule has 0 radical (unpaired) electrons. The molecule has 1 fully saturated rings. The van der Waals surface area contributed by atoms with Crippen molar-refractivity contribution < 1.29 is 24.1 Å². The van der Waals surface area contributed by atoms with Gasteiger partial charge in [0.1, 0.15) is 24.2 Å². The van der Waals surface area contributed by atoms with Crippen LogP contribution in [0.25, 0.3) is 11.6 Å². The predicted octanol–water partition coefficient (Wildman–Crippen LogP) is 3.31. The summed E-state index contributed by atoms with van der Waals surface area (Å²) in [6, 6.07) is 14.6. The van der Waals surface area contributed by atoms with Gasteiger partial charge < -0.3 is 29.6 Å². The molecule has 1 atom stereocenters. The lowest BCUT2D eigenvalue weighted by Crippen LogP contribution is -2.38. The Labute approximate surface area is 215 Å². The Kier molecular flexibility index (Phi) is 7.57. The number of carbonyl (C=O) groups excluding carboxylic acids is 1. The quantitative estimate of drug-likeness (QED) is 0.341. The van der Waals surface area contributed by atoms with Gasteiger partial charge in [-0.1, -0.05) is 30.0 Å². The minimum absolute atomic E-state index is 0.217. The van der Waals surface area contributed by atoms with Gasteiger partial charge in [0.05, 0.1) is 37.3 Å². The molecule has 0 saturated carbocycles. The Morgan fingerprint density at radius 2 is 1.97 bits per heavy atom. The van der Waals surface area contributed by atoms with Crippen molar-refractivity contribution in [1.29, 1.82) is 0 Å². The standard InChI is InChI=1S/C29H29N3O5/c1-35-27-11-12-30-25(27)19-23-28-21(3-2-4-24(28)31-29(23)34)7-10-26(33)20-5-8-22(9-6-20)37-18-15-32-13-16-36-17-14-32/h2-6,8-9,11-12,19,26,30,33H,13-18H2,1H3,(H,31,34). The molecule has 0 aliphatic carbocycles. The highest BCUT2D eigenvalue weighted by Crippen LogP contribution is 2.36. The molecule has 1 unspecified atom stereocenters. The van der Waals surface area contributed by atoms with Crippen LogP contribution in [0.5, 0.6) is 11.5 Å². The van der Waals surface area contributed by atoms with Crippen LogP contribution in [0, 0.1) is 11.8 Å². The third-order valence-corrected chi connectivity index (χ3v) is 6.39. The van der Waals surface area contributed by atoms with Gasteiger partial charge in [-0.15, -0.1) is 0 Å². The fourth-order valence-electron chi connectivity index (χ4n) is 4.39. The zero-order valence-corrected chi connectivity index (χ0v) is 20.6. The third-order valence-electron chi connectivity index (χ3n) is 6.39. The number of hydrogen-bond donors (Lipinski definition) is 3. The van der Waals surface area contributed by atoms with E-state index in [1.807, 2.05) is 42.5 Å². The van der Waals surface area contributed by atoms with Crippen molar-refractivity contribution in [2.45, 2.75) is 6.10 Å². The van der Waals surface area contributed by atoms with Crippen LogP contribution in [-0.2, 0) is 9.53 Å². The zero-order chi connectivity index (χ0) is 25.6. The van der Waals surface area contributed by atoms with E-state index in [2.05, 4.69) is 27.0 Å². The van der Waals surface area contributed by atoms with Crippen LogP contribution in [0.1, 0.15) is 28.5 Å². The average molecular weight is 500 g/mol. The first-order valence-electron chi connectivity index (χ1n) is 12.2. The molecule has 8 heteroatoms. The number of morpholine rings is 1. The molecule has 1 saturated heterocycles. The molecule has 5 rings (SSSR count). The summed E-state index contributed by atoms with van der Waals surface area (Å²) in [4.78, 5) is 18.1. The number of carbonyl (C=O) groups is 1. The number of aliphatic hydroxyl groups excluding tert-OH is 1. The summed E-state index contributed by atoms with van der Waals surface area (Å²) in [6.45, 7) is 4.85. The smallest absolute Gasteiger partial charge is 0.256 e. The van der Waals surface area contributed by atoms with Crippen molar-refractivity contribution >= 4 is 23.2 Å². The van der Waals surface area contributed by atoms with E-state index in [-0.39, 0.29) is 5.91 Å². The van der Waals surface area contributed by atoms with E-state index in [1.54, 1.807) is 25.4 Å². The second-order valence-corrected chi connectivity index (χ2v) is 8.74. The molecule has 3 heterocycles. The normalized spacial score (nSPS) is 17.0. The second kappa shape index (κ2) is 11.4. The summed E-state index contributed by atoms with van der Waals surface area (Å²) in [6.07, 6.45) is 2.51. The average Bonchev–Trinajstić information content (AvgIpc) is 3.52. The number of H-pyrrole nitrogens is 1. The van der Waals surface area contributed by atoms with Gasteiger partial charge in [-0.05, 0) is 42.0 Å². The van der Waals surface area contributed by atoms with Gasteiger partial charge in [0.25, 0.3) is 5.91 Å². The zero-order valence-electron chi connectivity index (χ0n) is 20.6. The summed E-state index contributed by atoms with van der Waals surface area (Å²) >= 11 is 0. The van der Waals surface area contributed by atoms with E-state index in [0.29, 0.717) is 46.0 Å². The minimum atomic E-state index is -0.987. The van der Waals surface area contributed by atoms with E-state index in [4.69, 9.17) is 14.2 Å². The van der Waals surface area contributed by atoms with E-state index >= 15 is 0 Å². The number of aromatic amines is 1. The molecule has 2 aromatic carbocycles. The van der Waals surface area contributed by atoms with Crippen molar-refractivity contribution in [3.8, 4) is 23.3 Å². The first-order valence-corrected chi connectivity index (χ1v) is 12.2.